The van der Waals surface area contributed by atoms with Crippen molar-refractivity contribution in [2.24, 2.45) is 0 Å². The number of rotatable bonds is 2. The normalized spacial score (nSPS) is 19.8. The molecule has 1 N–H and O–H groups in total. The lowest BCUT2D eigenvalue weighted by molar-refractivity contribution is -0.0783. The van der Waals surface area contributed by atoms with Gasteiger partial charge in [-0.2, -0.15) is 0 Å². The monoisotopic (exact) mass is 324 g/mol. The summed E-state index contributed by atoms with van der Waals surface area (Å²) in [6, 6.07) is 17.8. The minimum Gasteiger partial charge on any atom is -0.369 e. The van der Waals surface area contributed by atoms with Crippen LogP contribution in [-0.4, -0.2) is 29.6 Å². The first-order chi connectivity index (χ1) is 11.5. The standard InChI is InChI=1S/C20H24N2O2/c1-15-9-11-16(12-10-15)18-13-22(20(2,3)14-24-18)19(23)21-17-7-5-4-6-8-17/h4-12,18H,13-14H2,1-3H3,(H,21,23). The number of hydrogen-bond donors (Lipinski definition) is 1. The van der Waals surface area contributed by atoms with Gasteiger partial charge in [0.15, 0.2) is 0 Å². The molecule has 0 saturated carbocycles. The molecule has 24 heavy (non-hydrogen) atoms. The van der Waals surface area contributed by atoms with Gasteiger partial charge in [0.25, 0.3) is 0 Å². The first-order valence-electron chi connectivity index (χ1n) is 8.27. The van der Waals surface area contributed by atoms with E-state index in [9.17, 15) is 4.79 Å². The molecule has 1 saturated heterocycles. The van der Waals surface area contributed by atoms with E-state index in [0.717, 1.165) is 11.3 Å². The number of hydrogen-bond acceptors (Lipinski definition) is 2. The van der Waals surface area contributed by atoms with E-state index in [0.29, 0.717) is 13.2 Å². The first-order valence-corrected chi connectivity index (χ1v) is 8.27. The molecular weight excluding hydrogens is 300 g/mol. The summed E-state index contributed by atoms with van der Waals surface area (Å²) in [5.74, 6) is 0. The average molecular weight is 324 g/mol. The molecule has 0 aromatic heterocycles. The highest BCUT2D eigenvalue weighted by Gasteiger charge is 2.38. The number of amides is 2. The third-order valence-electron chi connectivity index (χ3n) is 4.44. The SMILES string of the molecule is Cc1ccc(C2CN(C(=O)Nc3ccccc3)C(C)(C)CO2)cc1. The fraction of sp³-hybridized carbons (Fsp3) is 0.350. The van der Waals surface area contributed by atoms with E-state index in [2.05, 4.69) is 36.5 Å². The summed E-state index contributed by atoms with van der Waals surface area (Å²) >= 11 is 0. The van der Waals surface area contributed by atoms with Crippen LogP contribution in [-0.2, 0) is 4.74 Å². The number of ether oxygens (including phenoxy) is 1. The largest absolute Gasteiger partial charge is 0.369 e. The number of carbonyl (C=O) groups is 1. The molecule has 3 rings (SSSR count). The number of carbonyl (C=O) groups excluding carboxylic acids is 1. The van der Waals surface area contributed by atoms with E-state index in [1.165, 1.54) is 5.56 Å². The number of aryl methyl sites for hydroxylation is 1. The number of nitrogens with zero attached hydrogens (tertiary/aromatic N) is 1. The predicted octanol–water partition coefficient (Wildman–Crippen LogP) is 4.38. The molecule has 1 heterocycles. The van der Waals surface area contributed by atoms with Crippen molar-refractivity contribution < 1.29 is 9.53 Å². The zero-order valence-corrected chi connectivity index (χ0v) is 14.5. The molecule has 0 radical (unpaired) electrons. The Kier molecular flexibility index (Phi) is 4.58. The number of benzene rings is 2. The molecule has 1 aliphatic heterocycles. The molecule has 0 spiro atoms. The fourth-order valence-corrected chi connectivity index (χ4v) is 2.90. The third kappa shape index (κ3) is 3.60. The molecule has 1 unspecified atom stereocenters. The van der Waals surface area contributed by atoms with Gasteiger partial charge in [-0.1, -0.05) is 48.0 Å². The number of anilines is 1. The maximum Gasteiger partial charge on any atom is 0.322 e. The topological polar surface area (TPSA) is 41.6 Å². The van der Waals surface area contributed by atoms with Gasteiger partial charge in [0.2, 0.25) is 0 Å². The Balaban J connectivity index is 1.76. The molecule has 4 nitrogen and oxygen atoms in total. The highest BCUT2D eigenvalue weighted by Crippen LogP contribution is 2.31. The van der Waals surface area contributed by atoms with Crippen LogP contribution in [0.15, 0.2) is 54.6 Å². The van der Waals surface area contributed by atoms with Crippen LogP contribution in [0.3, 0.4) is 0 Å². The molecule has 0 bridgehead atoms. The average Bonchev–Trinajstić information content (AvgIpc) is 2.56. The van der Waals surface area contributed by atoms with E-state index in [1.807, 2.05) is 49.1 Å². The van der Waals surface area contributed by atoms with E-state index < -0.39 is 0 Å². The van der Waals surface area contributed by atoms with Crippen molar-refractivity contribution in [1.29, 1.82) is 0 Å². The van der Waals surface area contributed by atoms with Gasteiger partial charge in [-0.05, 0) is 38.5 Å². The van der Waals surface area contributed by atoms with Crippen molar-refractivity contribution in [2.75, 3.05) is 18.5 Å². The first kappa shape index (κ1) is 16.5. The number of para-hydroxylation sites is 1. The Hall–Kier alpha value is -2.33. The Labute approximate surface area is 143 Å². The van der Waals surface area contributed by atoms with E-state index in [-0.39, 0.29) is 17.7 Å². The van der Waals surface area contributed by atoms with Crippen LogP contribution in [0.5, 0.6) is 0 Å². The summed E-state index contributed by atoms with van der Waals surface area (Å²) in [4.78, 5) is 14.6. The maximum atomic E-state index is 12.8. The molecule has 1 fully saturated rings. The summed E-state index contributed by atoms with van der Waals surface area (Å²) in [7, 11) is 0. The zero-order chi connectivity index (χ0) is 17.2. The van der Waals surface area contributed by atoms with Crippen molar-refractivity contribution in [1.82, 2.24) is 4.90 Å². The van der Waals surface area contributed by atoms with Gasteiger partial charge in [-0.25, -0.2) is 4.79 Å². The quantitative estimate of drug-likeness (QED) is 0.891. The van der Waals surface area contributed by atoms with Crippen molar-refractivity contribution in [2.45, 2.75) is 32.4 Å². The molecule has 0 aliphatic carbocycles. The van der Waals surface area contributed by atoms with Crippen molar-refractivity contribution >= 4 is 11.7 Å². The van der Waals surface area contributed by atoms with Gasteiger partial charge in [0, 0.05) is 5.69 Å². The van der Waals surface area contributed by atoms with E-state index >= 15 is 0 Å². The van der Waals surface area contributed by atoms with Crippen LogP contribution in [0.4, 0.5) is 10.5 Å². The Bertz CT molecular complexity index is 695. The molecule has 4 heteroatoms. The number of nitrogens with one attached hydrogen (secondary N) is 1. The maximum absolute atomic E-state index is 12.8. The fourth-order valence-electron chi connectivity index (χ4n) is 2.90. The minimum absolute atomic E-state index is 0.0911. The predicted molar refractivity (Wildman–Crippen MR) is 96.1 cm³/mol. The van der Waals surface area contributed by atoms with Crippen LogP contribution >= 0.6 is 0 Å². The highest BCUT2D eigenvalue weighted by atomic mass is 16.5. The van der Waals surface area contributed by atoms with Gasteiger partial charge >= 0.3 is 6.03 Å². The molecule has 1 atom stereocenters. The number of urea groups is 1. The lowest BCUT2D eigenvalue weighted by Gasteiger charge is -2.45. The Morgan fingerprint density at radius 2 is 1.79 bits per heavy atom. The van der Waals surface area contributed by atoms with Crippen LogP contribution in [0.1, 0.15) is 31.1 Å². The summed E-state index contributed by atoms with van der Waals surface area (Å²) < 4.78 is 6.03. The van der Waals surface area contributed by atoms with Gasteiger partial charge < -0.3 is 15.0 Å². The van der Waals surface area contributed by atoms with E-state index in [4.69, 9.17) is 4.74 Å². The second-order valence-electron chi connectivity index (χ2n) is 6.93. The molecule has 1 aliphatic rings. The Morgan fingerprint density at radius 1 is 1.12 bits per heavy atom. The molecule has 2 aromatic rings. The van der Waals surface area contributed by atoms with Gasteiger partial charge in [-0.15, -0.1) is 0 Å². The van der Waals surface area contributed by atoms with Crippen LogP contribution in [0.25, 0.3) is 0 Å². The molecule has 2 amide bonds. The summed E-state index contributed by atoms with van der Waals surface area (Å²) in [5, 5.41) is 2.98. The third-order valence-corrected chi connectivity index (χ3v) is 4.44. The van der Waals surface area contributed by atoms with Crippen LogP contribution in [0.2, 0.25) is 0 Å². The Morgan fingerprint density at radius 3 is 2.46 bits per heavy atom. The van der Waals surface area contributed by atoms with Gasteiger partial charge in [0.05, 0.1) is 18.7 Å². The van der Waals surface area contributed by atoms with Gasteiger partial charge in [-0.3, -0.25) is 0 Å². The second-order valence-corrected chi connectivity index (χ2v) is 6.93. The van der Waals surface area contributed by atoms with Crippen molar-refractivity contribution in [3.63, 3.8) is 0 Å². The zero-order valence-electron chi connectivity index (χ0n) is 14.5. The number of morpholine rings is 1. The highest BCUT2D eigenvalue weighted by molar-refractivity contribution is 5.89. The molecule has 2 aromatic carbocycles. The summed E-state index contributed by atoms with van der Waals surface area (Å²) in [5.41, 5.74) is 2.78. The van der Waals surface area contributed by atoms with Crippen molar-refractivity contribution in [3.8, 4) is 0 Å². The van der Waals surface area contributed by atoms with Crippen LogP contribution in [0, 0.1) is 6.92 Å². The van der Waals surface area contributed by atoms with Gasteiger partial charge in [0.1, 0.15) is 6.10 Å². The lowest BCUT2D eigenvalue weighted by atomic mass is 9.98. The van der Waals surface area contributed by atoms with Crippen LogP contribution < -0.4 is 5.32 Å². The molecule has 126 valence electrons. The molecular formula is C20H24N2O2. The summed E-state index contributed by atoms with van der Waals surface area (Å²) in [6.45, 7) is 7.17. The van der Waals surface area contributed by atoms with Crippen molar-refractivity contribution in [3.05, 3.63) is 65.7 Å². The second kappa shape index (κ2) is 6.65. The minimum atomic E-state index is -0.347. The smallest absolute Gasteiger partial charge is 0.322 e. The van der Waals surface area contributed by atoms with E-state index in [1.54, 1.807) is 0 Å². The summed E-state index contributed by atoms with van der Waals surface area (Å²) in [6.07, 6.45) is -0.0971. The lowest BCUT2D eigenvalue weighted by Crippen LogP contribution is -2.57.